The highest BCUT2D eigenvalue weighted by Crippen LogP contribution is 2.21. The number of carbonyl (C=O) groups is 1. The molecule has 1 aliphatic heterocycles. The van der Waals surface area contributed by atoms with Crippen molar-refractivity contribution in [3.8, 4) is 0 Å². The number of nitrogens with zero attached hydrogens (tertiary/aromatic N) is 2. The van der Waals surface area contributed by atoms with Crippen LogP contribution in [0.5, 0.6) is 0 Å². The average molecular weight is 376 g/mol. The Morgan fingerprint density at radius 2 is 2.04 bits per heavy atom. The minimum absolute atomic E-state index is 0.162. The number of fused-ring (bicyclic) bond motifs is 1. The summed E-state index contributed by atoms with van der Waals surface area (Å²) < 4.78 is 14.2. The predicted octanol–water partition coefficient (Wildman–Crippen LogP) is 3.38. The van der Waals surface area contributed by atoms with E-state index in [0.29, 0.717) is 34.5 Å². The summed E-state index contributed by atoms with van der Waals surface area (Å²) in [5.41, 5.74) is 1.41. The first-order chi connectivity index (χ1) is 12.1. The SMILES string of the molecule is O=C(c1cc(F)cc2[nH]c(=S)[nH]c12)N1CCN(Cc2cccs2)CC1. The molecule has 3 heterocycles. The van der Waals surface area contributed by atoms with Gasteiger partial charge in [0.25, 0.3) is 5.91 Å². The fraction of sp³-hybridized carbons (Fsp3) is 0.294. The lowest BCUT2D eigenvalue weighted by Crippen LogP contribution is -2.48. The lowest BCUT2D eigenvalue weighted by atomic mass is 10.1. The van der Waals surface area contributed by atoms with Crippen LogP contribution in [0.15, 0.2) is 29.6 Å². The van der Waals surface area contributed by atoms with Crippen molar-refractivity contribution in [2.75, 3.05) is 26.2 Å². The highest BCUT2D eigenvalue weighted by Gasteiger charge is 2.24. The van der Waals surface area contributed by atoms with Gasteiger partial charge in [-0.15, -0.1) is 11.3 Å². The van der Waals surface area contributed by atoms with Crippen LogP contribution in [0, 0.1) is 10.6 Å². The molecular weight excluding hydrogens is 359 g/mol. The van der Waals surface area contributed by atoms with Crippen molar-refractivity contribution >= 4 is 40.5 Å². The molecule has 0 radical (unpaired) electrons. The van der Waals surface area contributed by atoms with Gasteiger partial charge in [0.05, 0.1) is 16.6 Å². The van der Waals surface area contributed by atoms with Crippen LogP contribution in [0.4, 0.5) is 4.39 Å². The Morgan fingerprint density at radius 1 is 1.24 bits per heavy atom. The summed E-state index contributed by atoms with van der Waals surface area (Å²) in [5, 5.41) is 2.07. The molecule has 25 heavy (non-hydrogen) atoms. The smallest absolute Gasteiger partial charge is 0.256 e. The number of piperazine rings is 1. The highest BCUT2D eigenvalue weighted by molar-refractivity contribution is 7.71. The maximum absolute atomic E-state index is 13.9. The molecule has 0 atom stereocenters. The fourth-order valence-electron chi connectivity index (χ4n) is 3.18. The number of carbonyl (C=O) groups excluding carboxylic acids is 1. The third kappa shape index (κ3) is 3.37. The van der Waals surface area contributed by atoms with E-state index in [9.17, 15) is 9.18 Å². The summed E-state index contributed by atoms with van der Waals surface area (Å²) in [6.07, 6.45) is 0. The molecular formula is C17H17FN4OS2. The molecule has 1 saturated heterocycles. The number of aromatic amines is 2. The number of H-pyrrole nitrogens is 2. The second-order valence-corrected chi connectivity index (χ2v) is 7.54. The van der Waals surface area contributed by atoms with E-state index in [0.717, 1.165) is 19.6 Å². The molecule has 130 valence electrons. The van der Waals surface area contributed by atoms with Gasteiger partial charge in [0.2, 0.25) is 0 Å². The van der Waals surface area contributed by atoms with E-state index in [1.807, 2.05) is 0 Å². The number of nitrogens with one attached hydrogen (secondary N) is 2. The van der Waals surface area contributed by atoms with E-state index in [1.165, 1.54) is 17.0 Å². The van der Waals surface area contributed by atoms with Crippen molar-refractivity contribution in [1.82, 2.24) is 19.8 Å². The number of thiophene rings is 1. The number of imidazole rings is 1. The van der Waals surface area contributed by atoms with Crippen LogP contribution < -0.4 is 0 Å². The van der Waals surface area contributed by atoms with Crippen molar-refractivity contribution in [3.05, 3.63) is 50.7 Å². The molecule has 2 aromatic heterocycles. The van der Waals surface area contributed by atoms with Crippen LogP contribution in [0.25, 0.3) is 11.0 Å². The van der Waals surface area contributed by atoms with E-state index in [4.69, 9.17) is 12.2 Å². The molecule has 0 spiro atoms. The Balaban J connectivity index is 1.50. The van der Waals surface area contributed by atoms with Crippen molar-refractivity contribution in [2.45, 2.75) is 6.54 Å². The summed E-state index contributed by atoms with van der Waals surface area (Å²) in [7, 11) is 0. The monoisotopic (exact) mass is 376 g/mol. The molecule has 1 fully saturated rings. The van der Waals surface area contributed by atoms with E-state index in [2.05, 4.69) is 32.4 Å². The molecule has 2 N–H and O–H groups in total. The summed E-state index contributed by atoms with van der Waals surface area (Å²) in [6, 6.07) is 6.80. The van der Waals surface area contributed by atoms with Gasteiger partial charge in [-0.05, 0) is 35.8 Å². The predicted molar refractivity (Wildman–Crippen MR) is 98.9 cm³/mol. The summed E-state index contributed by atoms with van der Waals surface area (Å²) >= 11 is 6.81. The number of aromatic nitrogens is 2. The van der Waals surface area contributed by atoms with E-state index >= 15 is 0 Å². The first-order valence-electron chi connectivity index (χ1n) is 8.06. The van der Waals surface area contributed by atoms with Gasteiger partial charge in [0.1, 0.15) is 5.82 Å². The first kappa shape index (κ1) is 16.4. The van der Waals surface area contributed by atoms with Crippen LogP contribution in [0.1, 0.15) is 15.2 Å². The minimum Gasteiger partial charge on any atom is -0.336 e. The standard InChI is InChI=1S/C17H17FN4OS2/c18-11-8-13(15-14(9-11)19-17(24)20-15)16(23)22-5-3-21(4-6-22)10-12-2-1-7-25-12/h1-2,7-9H,3-6,10H2,(H2,19,20,24). The first-order valence-corrected chi connectivity index (χ1v) is 9.34. The number of rotatable bonds is 3. The zero-order valence-corrected chi connectivity index (χ0v) is 15.1. The van der Waals surface area contributed by atoms with Crippen molar-refractivity contribution in [3.63, 3.8) is 0 Å². The van der Waals surface area contributed by atoms with Gasteiger partial charge in [0, 0.05) is 37.6 Å². The molecule has 5 nitrogen and oxygen atoms in total. The molecule has 3 aromatic rings. The minimum atomic E-state index is -0.447. The molecule has 0 bridgehead atoms. The lowest BCUT2D eigenvalue weighted by molar-refractivity contribution is 0.0631. The van der Waals surface area contributed by atoms with Gasteiger partial charge < -0.3 is 14.9 Å². The molecule has 1 aromatic carbocycles. The topological polar surface area (TPSA) is 55.1 Å². The Morgan fingerprint density at radius 3 is 2.76 bits per heavy atom. The van der Waals surface area contributed by atoms with Crippen LogP contribution in [0.2, 0.25) is 0 Å². The third-order valence-corrected chi connectivity index (χ3v) is 5.50. The average Bonchev–Trinajstić information content (AvgIpc) is 3.22. The lowest BCUT2D eigenvalue weighted by Gasteiger charge is -2.34. The molecule has 0 aliphatic carbocycles. The second-order valence-electron chi connectivity index (χ2n) is 6.10. The largest absolute Gasteiger partial charge is 0.336 e. The molecule has 8 heteroatoms. The van der Waals surface area contributed by atoms with E-state index in [1.54, 1.807) is 16.2 Å². The second kappa shape index (κ2) is 6.70. The van der Waals surface area contributed by atoms with Crippen LogP contribution in [-0.4, -0.2) is 51.9 Å². The maximum Gasteiger partial charge on any atom is 0.256 e. The Kier molecular flexibility index (Phi) is 4.41. The van der Waals surface area contributed by atoms with Crippen molar-refractivity contribution < 1.29 is 9.18 Å². The summed E-state index contributed by atoms with van der Waals surface area (Å²) in [5.74, 6) is -0.608. The fourth-order valence-corrected chi connectivity index (χ4v) is 4.14. The van der Waals surface area contributed by atoms with Gasteiger partial charge in [-0.2, -0.15) is 0 Å². The van der Waals surface area contributed by atoms with Gasteiger partial charge in [-0.3, -0.25) is 9.69 Å². The van der Waals surface area contributed by atoms with E-state index in [-0.39, 0.29) is 5.91 Å². The van der Waals surface area contributed by atoms with Gasteiger partial charge in [0.15, 0.2) is 4.77 Å². The number of hydrogen-bond acceptors (Lipinski definition) is 4. The Labute approximate surface area is 153 Å². The van der Waals surface area contributed by atoms with Crippen LogP contribution in [-0.2, 0) is 6.54 Å². The third-order valence-electron chi connectivity index (χ3n) is 4.44. The number of benzene rings is 1. The van der Waals surface area contributed by atoms with Crippen LogP contribution >= 0.6 is 23.6 Å². The Bertz CT molecular complexity index is 955. The molecule has 1 amide bonds. The van der Waals surface area contributed by atoms with Crippen LogP contribution in [0.3, 0.4) is 0 Å². The number of amides is 1. The molecule has 1 aliphatic rings. The van der Waals surface area contributed by atoms with Gasteiger partial charge in [-0.1, -0.05) is 6.07 Å². The van der Waals surface area contributed by atoms with Gasteiger partial charge >= 0.3 is 0 Å². The zero-order chi connectivity index (χ0) is 17.4. The zero-order valence-electron chi connectivity index (χ0n) is 13.4. The Hall–Kier alpha value is -2.03. The van der Waals surface area contributed by atoms with Crippen molar-refractivity contribution in [1.29, 1.82) is 0 Å². The highest BCUT2D eigenvalue weighted by atomic mass is 32.1. The molecule has 0 unspecified atom stereocenters. The number of hydrogen-bond donors (Lipinski definition) is 2. The number of halogens is 1. The quantitative estimate of drug-likeness (QED) is 0.689. The van der Waals surface area contributed by atoms with Crippen molar-refractivity contribution in [2.24, 2.45) is 0 Å². The van der Waals surface area contributed by atoms with E-state index < -0.39 is 5.82 Å². The maximum atomic E-state index is 13.9. The molecule has 0 saturated carbocycles. The van der Waals surface area contributed by atoms with Gasteiger partial charge in [-0.25, -0.2) is 4.39 Å². The normalized spacial score (nSPS) is 15.8. The summed E-state index contributed by atoms with van der Waals surface area (Å²) in [4.78, 5) is 24.1. The molecule has 4 rings (SSSR count). The summed E-state index contributed by atoms with van der Waals surface area (Å²) in [6.45, 7) is 3.80.